The Labute approximate surface area is 154 Å². The molecule has 0 aliphatic rings. The summed E-state index contributed by atoms with van der Waals surface area (Å²) >= 11 is 0. The first-order valence-corrected chi connectivity index (χ1v) is 8.66. The molecule has 26 heavy (non-hydrogen) atoms. The molecule has 0 heterocycles. The van der Waals surface area contributed by atoms with Gasteiger partial charge in [0.15, 0.2) is 0 Å². The van der Waals surface area contributed by atoms with Crippen LogP contribution in [0.2, 0.25) is 0 Å². The van der Waals surface area contributed by atoms with Crippen LogP contribution in [0.4, 0.5) is 0 Å². The number of carboxylic acid groups (broad SMARTS) is 1. The van der Waals surface area contributed by atoms with Gasteiger partial charge in [-0.25, -0.2) is 4.79 Å². The first-order chi connectivity index (χ1) is 12.4. The number of amides is 1. The minimum absolute atomic E-state index is 0.133. The van der Waals surface area contributed by atoms with Crippen LogP contribution in [0.15, 0.2) is 54.6 Å². The topological polar surface area (TPSA) is 66.8 Å². The van der Waals surface area contributed by atoms with E-state index in [9.17, 15) is 14.7 Å². The van der Waals surface area contributed by atoms with Crippen LogP contribution in [0.5, 0.6) is 0 Å². The van der Waals surface area contributed by atoms with Gasteiger partial charge in [-0.15, -0.1) is 0 Å². The summed E-state index contributed by atoms with van der Waals surface area (Å²) in [6, 6.07) is 15.5. The van der Waals surface area contributed by atoms with E-state index in [1.807, 2.05) is 56.3 Å². The number of carbonyl (C=O) groups is 2. The van der Waals surface area contributed by atoms with Gasteiger partial charge in [0.1, 0.15) is 6.04 Å². The quantitative estimate of drug-likeness (QED) is 0.783. The summed E-state index contributed by atoms with van der Waals surface area (Å²) in [5, 5.41) is 9.38. The molecule has 0 spiro atoms. The molecule has 1 unspecified atom stereocenters. The Balaban J connectivity index is 2.18. The molecule has 2 aromatic carbocycles. The molecule has 5 nitrogen and oxygen atoms in total. The maximum absolute atomic E-state index is 12.9. The lowest BCUT2D eigenvalue weighted by Crippen LogP contribution is -2.42. The molecule has 0 fully saturated rings. The van der Waals surface area contributed by atoms with Gasteiger partial charge >= 0.3 is 5.97 Å². The monoisotopic (exact) mass is 355 g/mol. The average Bonchev–Trinajstić information content (AvgIpc) is 2.64. The maximum atomic E-state index is 12.9. The Hall–Kier alpha value is -2.66. The van der Waals surface area contributed by atoms with Crippen LogP contribution in [0.1, 0.15) is 42.3 Å². The van der Waals surface area contributed by atoms with Gasteiger partial charge in [-0.3, -0.25) is 4.79 Å². The molecule has 5 heteroatoms. The normalized spacial score (nSPS) is 12.0. The van der Waals surface area contributed by atoms with Gasteiger partial charge in [0, 0.05) is 12.1 Å². The van der Waals surface area contributed by atoms with Crippen molar-refractivity contribution in [2.24, 2.45) is 0 Å². The molecule has 1 N–H and O–H groups in total. The lowest BCUT2D eigenvalue weighted by atomic mass is 10.1. The summed E-state index contributed by atoms with van der Waals surface area (Å²) in [6.45, 7) is 6.17. The third kappa shape index (κ3) is 5.43. The van der Waals surface area contributed by atoms with Crippen LogP contribution in [-0.4, -0.2) is 34.0 Å². The minimum Gasteiger partial charge on any atom is -0.480 e. The number of hydrogen-bond donors (Lipinski definition) is 1. The highest BCUT2D eigenvalue weighted by atomic mass is 16.5. The summed E-state index contributed by atoms with van der Waals surface area (Å²) in [5.74, 6) is -1.34. The lowest BCUT2D eigenvalue weighted by Gasteiger charge is -2.27. The van der Waals surface area contributed by atoms with Crippen molar-refractivity contribution < 1.29 is 19.4 Å². The molecule has 0 aliphatic carbocycles. The Morgan fingerprint density at radius 3 is 2.12 bits per heavy atom. The molecular formula is C21H25NO4. The molecule has 0 bridgehead atoms. The number of nitrogens with zero attached hydrogens (tertiary/aromatic N) is 1. The zero-order valence-electron chi connectivity index (χ0n) is 15.4. The van der Waals surface area contributed by atoms with Crippen LogP contribution in [0, 0.1) is 0 Å². The number of rotatable bonds is 8. The van der Waals surface area contributed by atoms with Crippen LogP contribution < -0.4 is 0 Å². The van der Waals surface area contributed by atoms with E-state index in [2.05, 4.69) is 0 Å². The van der Waals surface area contributed by atoms with E-state index in [-0.39, 0.29) is 18.6 Å². The first kappa shape index (κ1) is 19.7. The smallest absolute Gasteiger partial charge is 0.326 e. The van der Waals surface area contributed by atoms with Crippen molar-refractivity contribution >= 4 is 11.9 Å². The fourth-order valence-corrected chi connectivity index (χ4v) is 2.47. The van der Waals surface area contributed by atoms with Gasteiger partial charge in [-0.2, -0.15) is 0 Å². The maximum Gasteiger partial charge on any atom is 0.326 e. The fourth-order valence-electron chi connectivity index (χ4n) is 2.47. The second-order valence-electron chi connectivity index (χ2n) is 6.49. The van der Waals surface area contributed by atoms with E-state index in [1.54, 1.807) is 12.1 Å². The van der Waals surface area contributed by atoms with E-state index in [0.717, 1.165) is 11.1 Å². The summed E-state index contributed by atoms with van der Waals surface area (Å²) in [4.78, 5) is 25.7. The van der Waals surface area contributed by atoms with Crippen molar-refractivity contribution in [1.82, 2.24) is 4.90 Å². The zero-order valence-corrected chi connectivity index (χ0v) is 15.4. The highest BCUT2D eigenvalue weighted by Gasteiger charge is 2.26. The van der Waals surface area contributed by atoms with Crippen LogP contribution in [0.3, 0.4) is 0 Å². The molecule has 2 aromatic rings. The van der Waals surface area contributed by atoms with Gasteiger partial charge in [0.05, 0.1) is 12.7 Å². The Morgan fingerprint density at radius 1 is 0.962 bits per heavy atom. The third-order valence-electron chi connectivity index (χ3n) is 4.07. The second-order valence-corrected chi connectivity index (χ2v) is 6.49. The van der Waals surface area contributed by atoms with Crippen LogP contribution in [-0.2, 0) is 22.7 Å². The van der Waals surface area contributed by atoms with E-state index in [4.69, 9.17) is 4.74 Å². The zero-order chi connectivity index (χ0) is 19.1. The highest BCUT2D eigenvalue weighted by Crippen LogP contribution is 2.15. The highest BCUT2D eigenvalue weighted by molar-refractivity contribution is 5.96. The van der Waals surface area contributed by atoms with Gasteiger partial charge in [0.2, 0.25) is 0 Å². The average molecular weight is 355 g/mol. The largest absolute Gasteiger partial charge is 0.480 e. The molecule has 1 atom stereocenters. The number of hydrogen-bond acceptors (Lipinski definition) is 3. The van der Waals surface area contributed by atoms with Crippen molar-refractivity contribution in [2.45, 2.75) is 46.1 Å². The predicted molar refractivity (Wildman–Crippen MR) is 99.8 cm³/mol. The van der Waals surface area contributed by atoms with E-state index in [1.165, 1.54) is 11.8 Å². The summed E-state index contributed by atoms with van der Waals surface area (Å²) in [7, 11) is 0. The van der Waals surface area contributed by atoms with E-state index < -0.39 is 12.0 Å². The van der Waals surface area contributed by atoms with E-state index >= 15 is 0 Å². The van der Waals surface area contributed by atoms with Gasteiger partial charge in [-0.05, 0) is 44.0 Å². The molecule has 0 aliphatic heterocycles. The third-order valence-corrected chi connectivity index (χ3v) is 4.07. The van der Waals surface area contributed by atoms with Gasteiger partial charge < -0.3 is 14.7 Å². The van der Waals surface area contributed by atoms with Gasteiger partial charge in [0.25, 0.3) is 5.91 Å². The van der Waals surface area contributed by atoms with Gasteiger partial charge in [-0.1, -0.05) is 42.5 Å². The Kier molecular flexibility index (Phi) is 6.92. The van der Waals surface area contributed by atoms with Crippen molar-refractivity contribution in [2.75, 3.05) is 0 Å². The van der Waals surface area contributed by atoms with Crippen molar-refractivity contribution in [3.63, 3.8) is 0 Å². The molecule has 1 amide bonds. The standard InChI is InChI=1S/C21H25NO4/c1-15(2)26-14-18-9-11-19(12-10-18)20(23)22(16(3)21(24)25)13-17-7-5-4-6-8-17/h4-12,15-16H,13-14H2,1-3H3,(H,24,25). The predicted octanol–water partition coefficient (Wildman–Crippen LogP) is 3.73. The molecule has 0 saturated carbocycles. The van der Waals surface area contributed by atoms with Crippen molar-refractivity contribution in [3.8, 4) is 0 Å². The fraction of sp³-hybridized carbons (Fsp3) is 0.333. The SMILES string of the molecule is CC(C)OCc1ccc(C(=O)N(Cc2ccccc2)C(C)C(=O)O)cc1. The van der Waals surface area contributed by atoms with Crippen LogP contribution in [0.25, 0.3) is 0 Å². The Bertz CT molecular complexity index is 725. The molecular weight excluding hydrogens is 330 g/mol. The molecule has 0 radical (unpaired) electrons. The lowest BCUT2D eigenvalue weighted by molar-refractivity contribution is -0.141. The number of carbonyl (C=O) groups excluding carboxylic acids is 1. The minimum atomic E-state index is -1.03. The summed E-state index contributed by atoms with van der Waals surface area (Å²) in [5.41, 5.74) is 2.31. The number of ether oxygens (including phenoxy) is 1. The van der Waals surface area contributed by atoms with Crippen molar-refractivity contribution in [3.05, 3.63) is 71.3 Å². The first-order valence-electron chi connectivity index (χ1n) is 8.66. The number of carboxylic acids is 1. The Morgan fingerprint density at radius 2 is 1.58 bits per heavy atom. The summed E-state index contributed by atoms with van der Waals surface area (Å²) < 4.78 is 5.55. The molecule has 0 saturated heterocycles. The molecule has 2 rings (SSSR count). The number of aliphatic carboxylic acids is 1. The summed E-state index contributed by atoms with van der Waals surface area (Å²) in [6.07, 6.45) is 0.133. The van der Waals surface area contributed by atoms with Crippen LogP contribution >= 0.6 is 0 Å². The molecule has 0 aromatic heterocycles. The second kappa shape index (κ2) is 9.15. The van der Waals surface area contributed by atoms with Crippen molar-refractivity contribution in [1.29, 1.82) is 0 Å². The van der Waals surface area contributed by atoms with E-state index in [0.29, 0.717) is 12.2 Å². The molecule has 138 valence electrons. The number of benzene rings is 2.